The maximum Gasteiger partial charge on any atom is 0.153 e. The van der Waals surface area contributed by atoms with Gasteiger partial charge in [0.05, 0.1) is 5.56 Å². The van der Waals surface area contributed by atoms with Gasteiger partial charge in [-0.1, -0.05) is 13.0 Å². The molecule has 17 heavy (non-hydrogen) atoms. The van der Waals surface area contributed by atoms with Crippen LogP contribution in [0.15, 0.2) is 36.7 Å². The number of aryl methyl sites for hydroxylation is 1. The van der Waals surface area contributed by atoms with Gasteiger partial charge < -0.3 is 5.11 Å². The molecule has 0 amide bonds. The van der Waals surface area contributed by atoms with Crippen LogP contribution in [0.2, 0.25) is 0 Å². The van der Waals surface area contributed by atoms with E-state index in [1.165, 1.54) is 0 Å². The van der Waals surface area contributed by atoms with Gasteiger partial charge in [-0.2, -0.15) is 0 Å². The van der Waals surface area contributed by atoms with Crippen molar-refractivity contribution in [2.45, 2.75) is 13.3 Å². The maximum absolute atomic E-state index is 10.9. The van der Waals surface area contributed by atoms with Gasteiger partial charge >= 0.3 is 0 Å². The second-order valence-corrected chi connectivity index (χ2v) is 3.79. The smallest absolute Gasteiger partial charge is 0.153 e. The molecule has 1 aromatic carbocycles. The lowest BCUT2D eigenvalue weighted by Crippen LogP contribution is -1.91. The molecule has 0 aliphatic carbocycles. The molecule has 0 unspecified atom stereocenters. The highest BCUT2D eigenvalue weighted by atomic mass is 16.3. The third-order valence-electron chi connectivity index (χ3n) is 2.72. The average molecular weight is 227 g/mol. The molecule has 0 radical (unpaired) electrons. The first-order valence-corrected chi connectivity index (χ1v) is 5.47. The number of aromatic hydroxyl groups is 1. The molecule has 0 saturated carbocycles. The zero-order valence-electron chi connectivity index (χ0n) is 9.55. The average Bonchev–Trinajstić information content (AvgIpc) is 2.40. The summed E-state index contributed by atoms with van der Waals surface area (Å²) in [5.41, 5.74) is 2.93. The van der Waals surface area contributed by atoms with Gasteiger partial charge in [-0.25, -0.2) is 0 Å². The van der Waals surface area contributed by atoms with Gasteiger partial charge in [0.15, 0.2) is 6.29 Å². The number of hydrogen-bond acceptors (Lipinski definition) is 3. The number of hydrogen-bond donors (Lipinski definition) is 1. The minimum atomic E-state index is 0.0788. The highest BCUT2D eigenvalue weighted by Crippen LogP contribution is 2.29. The quantitative estimate of drug-likeness (QED) is 0.820. The van der Waals surface area contributed by atoms with Crippen molar-refractivity contribution in [1.29, 1.82) is 0 Å². The minimum Gasteiger partial charge on any atom is -0.507 e. The molecule has 0 spiro atoms. The molecule has 2 aromatic rings. The van der Waals surface area contributed by atoms with Crippen LogP contribution in [0.5, 0.6) is 5.75 Å². The molecule has 1 heterocycles. The number of phenols is 1. The lowest BCUT2D eigenvalue weighted by molar-refractivity contribution is 0.112. The molecule has 0 atom stereocenters. The van der Waals surface area contributed by atoms with Crippen molar-refractivity contribution < 1.29 is 9.90 Å². The Morgan fingerprint density at radius 1 is 1.35 bits per heavy atom. The minimum absolute atomic E-state index is 0.0788. The van der Waals surface area contributed by atoms with Crippen LogP contribution < -0.4 is 0 Å². The fourth-order valence-electron chi connectivity index (χ4n) is 1.78. The molecule has 0 aliphatic heterocycles. The number of pyridine rings is 1. The van der Waals surface area contributed by atoms with E-state index in [0.717, 1.165) is 16.7 Å². The first-order valence-electron chi connectivity index (χ1n) is 5.47. The number of rotatable bonds is 3. The number of aldehydes is 1. The van der Waals surface area contributed by atoms with Gasteiger partial charge in [0.1, 0.15) is 5.75 Å². The van der Waals surface area contributed by atoms with Crippen molar-refractivity contribution >= 4 is 6.29 Å². The van der Waals surface area contributed by atoms with Crippen molar-refractivity contribution in [3.63, 3.8) is 0 Å². The summed E-state index contributed by atoms with van der Waals surface area (Å²) in [6.07, 6.45) is 4.79. The summed E-state index contributed by atoms with van der Waals surface area (Å²) in [6.45, 7) is 1.94. The van der Waals surface area contributed by atoms with Crippen LogP contribution in [0, 0.1) is 0 Å². The van der Waals surface area contributed by atoms with Gasteiger partial charge in [0, 0.05) is 18.0 Å². The van der Waals surface area contributed by atoms with Crippen LogP contribution in [-0.4, -0.2) is 16.4 Å². The summed E-state index contributed by atoms with van der Waals surface area (Å²) in [4.78, 5) is 14.9. The van der Waals surface area contributed by atoms with Crippen molar-refractivity contribution in [2.24, 2.45) is 0 Å². The second-order valence-electron chi connectivity index (χ2n) is 3.79. The second kappa shape index (κ2) is 4.78. The Balaban J connectivity index is 2.60. The van der Waals surface area contributed by atoms with Crippen LogP contribution in [0.25, 0.3) is 11.1 Å². The summed E-state index contributed by atoms with van der Waals surface area (Å²) in [5, 5.41) is 9.81. The van der Waals surface area contributed by atoms with E-state index >= 15 is 0 Å². The topological polar surface area (TPSA) is 50.2 Å². The van der Waals surface area contributed by atoms with E-state index in [1.54, 1.807) is 18.5 Å². The Bertz CT molecular complexity index is 535. The first kappa shape index (κ1) is 11.3. The fraction of sp³-hybridized carbons (Fsp3) is 0.143. The Hall–Kier alpha value is -2.16. The largest absolute Gasteiger partial charge is 0.507 e. The van der Waals surface area contributed by atoms with Crippen LogP contribution in [0.3, 0.4) is 0 Å². The summed E-state index contributed by atoms with van der Waals surface area (Å²) < 4.78 is 0. The molecule has 0 aliphatic rings. The molecule has 2 rings (SSSR count). The molecular weight excluding hydrogens is 214 g/mol. The number of phenolic OH excluding ortho intramolecular Hbond substituents is 1. The van der Waals surface area contributed by atoms with E-state index in [4.69, 9.17) is 0 Å². The van der Waals surface area contributed by atoms with Crippen LogP contribution in [0.1, 0.15) is 22.8 Å². The lowest BCUT2D eigenvalue weighted by Gasteiger charge is -2.08. The predicted octanol–water partition coefficient (Wildman–Crippen LogP) is 2.83. The highest BCUT2D eigenvalue weighted by Gasteiger charge is 2.09. The normalized spacial score (nSPS) is 10.2. The standard InChI is InChI=1S/C14H13NO2/c1-2-10-6-12(7-13(9-16)14(10)17)11-4-3-5-15-8-11/h3-9,17H,2H2,1H3. The number of nitrogens with zero attached hydrogens (tertiary/aromatic N) is 1. The lowest BCUT2D eigenvalue weighted by atomic mass is 9.99. The summed E-state index contributed by atoms with van der Waals surface area (Å²) in [6, 6.07) is 7.33. The Kier molecular flexibility index (Phi) is 3.19. The van der Waals surface area contributed by atoms with Crippen LogP contribution in [0.4, 0.5) is 0 Å². The summed E-state index contributed by atoms with van der Waals surface area (Å²) in [5.74, 6) is 0.0788. The van der Waals surface area contributed by atoms with E-state index in [2.05, 4.69) is 4.98 Å². The van der Waals surface area contributed by atoms with Gasteiger partial charge in [-0.15, -0.1) is 0 Å². The van der Waals surface area contributed by atoms with E-state index in [1.807, 2.05) is 25.1 Å². The molecule has 0 bridgehead atoms. The number of benzene rings is 1. The monoisotopic (exact) mass is 227 g/mol. The van der Waals surface area contributed by atoms with E-state index in [9.17, 15) is 9.90 Å². The van der Waals surface area contributed by atoms with Crippen molar-refractivity contribution in [2.75, 3.05) is 0 Å². The Morgan fingerprint density at radius 2 is 2.18 bits per heavy atom. The highest BCUT2D eigenvalue weighted by molar-refractivity contribution is 5.83. The SMILES string of the molecule is CCc1cc(-c2cccnc2)cc(C=O)c1O. The Morgan fingerprint density at radius 3 is 2.76 bits per heavy atom. The van der Waals surface area contributed by atoms with Crippen molar-refractivity contribution in [3.05, 3.63) is 47.8 Å². The van der Waals surface area contributed by atoms with Crippen molar-refractivity contribution in [3.8, 4) is 16.9 Å². The molecule has 0 fully saturated rings. The molecule has 0 saturated heterocycles. The Labute approximate surface area is 99.8 Å². The molecule has 3 nitrogen and oxygen atoms in total. The third-order valence-corrected chi connectivity index (χ3v) is 2.72. The van der Waals surface area contributed by atoms with Gasteiger partial charge in [-0.05, 0) is 35.7 Å². The zero-order chi connectivity index (χ0) is 12.3. The van der Waals surface area contributed by atoms with Crippen LogP contribution in [-0.2, 0) is 6.42 Å². The first-order chi connectivity index (χ1) is 8.26. The summed E-state index contributed by atoms with van der Waals surface area (Å²) >= 11 is 0. The third kappa shape index (κ3) is 2.18. The van der Waals surface area contributed by atoms with Gasteiger partial charge in [0.25, 0.3) is 0 Å². The molecule has 1 aromatic heterocycles. The summed E-state index contributed by atoms with van der Waals surface area (Å²) in [7, 11) is 0. The van der Waals surface area contributed by atoms with Gasteiger partial charge in [-0.3, -0.25) is 9.78 Å². The van der Waals surface area contributed by atoms with Crippen molar-refractivity contribution in [1.82, 2.24) is 4.98 Å². The molecule has 86 valence electrons. The van der Waals surface area contributed by atoms with E-state index in [0.29, 0.717) is 18.3 Å². The fourth-order valence-corrected chi connectivity index (χ4v) is 1.78. The predicted molar refractivity (Wildman–Crippen MR) is 66.1 cm³/mol. The van der Waals surface area contributed by atoms with Crippen LogP contribution >= 0.6 is 0 Å². The molecule has 3 heteroatoms. The van der Waals surface area contributed by atoms with Gasteiger partial charge in [0.2, 0.25) is 0 Å². The maximum atomic E-state index is 10.9. The zero-order valence-corrected chi connectivity index (χ0v) is 9.55. The van der Waals surface area contributed by atoms with E-state index in [-0.39, 0.29) is 5.75 Å². The van der Waals surface area contributed by atoms with E-state index < -0.39 is 0 Å². The molecular formula is C14H13NO2. The molecule has 1 N–H and O–H groups in total. The number of carbonyl (C=O) groups is 1. The number of aromatic nitrogens is 1. The number of carbonyl (C=O) groups excluding carboxylic acids is 1.